The van der Waals surface area contributed by atoms with Crippen molar-refractivity contribution in [1.29, 1.82) is 5.41 Å². The normalized spacial score (nSPS) is 21.0. The summed E-state index contributed by atoms with van der Waals surface area (Å²) >= 11 is 2.01. The second kappa shape index (κ2) is 7.49. The van der Waals surface area contributed by atoms with Crippen molar-refractivity contribution in [3.8, 4) is 0 Å². The van der Waals surface area contributed by atoms with Crippen molar-refractivity contribution in [1.82, 2.24) is 9.21 Å². The number of amidine groups is 1. The zero-order chi connectivity index (χ0) is 15.4. The van der Waals surface area contributed by atoms with Crippen LogP contribution >= 0.6 is 11.9 Å². The zero-order valence-electron chi connectivity index (χ0n) is 13.3. The Balaban J connectivity index is 1.51. The molecule has 2 aliphatic rings. The molecule has 0 aromatic heterocycles. The highest BCUT2D eigenvalue weighted by Gasteiger charge is 2.24. The third-order valence-corrected chi connectivity index (χ3v) is 5.85. The van der Waals surface area contributed by atoms with E-state index in [1.54, 1.807) is 0 Å². The maximum Gasteiger partial charge on any atom is 0.128 e. The van der Waals surface area contributed by atoms with Gasteiger partial charge in [-0.3, -0.25) is 5.41 Å². The Kier molecular flexibility index (Phi) is 5.39. The third-order valence-electron chi connectivity index (χ3n) is 4.42. The van der Waals surface area contributed by atoms with Crippen LogP contribution in [0.5, 0.6) is 0 Å². The summed E-state index contributed by atoms with van der Waals surface area (Å²) in [4.78, 5) is 2.21. The molecular formula is C17H25N3OS. The number of nitrogens with one attached hydrogen (secondary N) is 1. The van der Waals surface area contributed by atoms with Gasteiger partial charge in [0.05, 0.1) is 0 Å². The number of rotatable bonds is 3. The lowest BCUT2D eigenvalue weighted by Crippen LogP contribution is -2.47. The van der Waals surface area contributed by atoms with Crippen LogP contribution in [0.3, 0.4) is 0 Å². The quantitative estimate of drug-likeness (QED) is 0.528. The van der Waals surface area contributed by atoms with Crippen LogP contribution in [0.15, 0.2) is 24.3 Å². The van der Waals surface area contributed by atoms with Gasteiger partial charge in [-0.25, -0.2) is 4.31 Å². The molecule has 2 fully saturated rings. The monoisotopic (exact) mass is 319 g/mol. The molecule has 22 heavy (non-hydrogen) atoms. The fourth-order valence-corrected chi connectivity index (χ4v) is 4.22. The second-order valence-electron chi connectivity index (χ2n) is 6.00. The van der Waals surface area contributed by atoms with E-state index in [1.807, 2.05) is 24.1 Å². The van der Waals surface area contributed by atoms with Gasteiger partial charge in [0.1, 0.15) is 5.84 Å². The van der Waals surface area contributed by atoms with Crippen LogP contribution in [0.2, 0.25) is 0 Å². The van der Waals surface area contributed by atoms with Crippen LogP contribution in [0.25, 0.3) is 0 Å². The van der Waals surface area contributed by atoms with E-state index in [0.29, 0.717) is 5.84 Å². The van der Waals surface area contributed by atoms with Crippen LogP contribution in [-0.4, -0.2) is 59.7 Å². The Morgan fingerprint density at radius 3 is 2.50 bits per heavy atom. The highest BCUT2D eigenvalue weighted by molar-refractivity contribution is 7.97. The summed E-state index contributed by atoms with van der Waals surface area (Å²) < 4.78 is 7.91. The van der Waals surface area contributed by atoms with Crippen molar-refractivity contribution in [3.63, 3.8) is 0 Å². The van der Waals surface area contributed by atoms with E-state index in [4.69, 9.17) is 10.1 Å². The summed E-state index contributed by atoms with van der Waals surface area (Å²) in [5.74, 6) is 0.675. The predicted octanol–water partition coefficient (Wildman–Crippen LogP) is 2.77. The summed E-state index contributed by atoms with van der Waals surface area (Å²) in [5, 5.41) is 9.19. The summed E-state index contributed by atoms with van der Waals surface area (Å²) in [5.41, 5.74) is 2.25. The number of piperazine rings is 1. The highest BCUT2D eigenvalue weighted by Crippen LogP contribution is 2.26. The second-order valence-corrected chi connectivity index (χ2v) is 7.39. The van der Waals surface area contributed by atoms with Crippen molar-refractivity contribution in [3.05, 3.63) is 35.4 Å². The van der Waals surface area contributed by atoms with Crippen molar-refractivity contribution >= 4 is 17.8 Å². The standard InChI is InChI=1S/C17H25N3OS/c1-14-4-2-3-5-16(14)17(18)19-8-10-20(11-9-19)22-15-6-12-21-13-7-15/h2-5,15,18H,6-13H2,1H3. The number of hydrogen-bond acceptors (Lipinski definition) is 4. The minimum Gasteiger partial charge on any atom is -0.381 e. The molecule has 120 valence electrons. The third kappa shape index (κ3) is 3.83. The first-order valence-electron chi connectivity index (χ1n) is 8.13. The van der Waals surface area contributed by atoms with Gasteiger partial charge in [-0.2, -0.15) is 0 Å². The topological polar surface area (TPSA) is 39.6 Å². The van der Waals surface area contributed by atoms with Crippen LogP contribution in [0.4, 0.5) is 0 Å². The molecule has 2 heterocycles. The van der Waals surface area contributed by atoms with Crippen molar-refractivity contribution < 1.29 is 4.74 Å². The van der Waals surface area contributed by atoms with Crippen LogP contribution < -0.4 is 0 Å². The fourth-order valence-electron chi connectivity index (χ4n) is 3.02. The maximum atomic E-state index is 8.47. The Hall–Kier alpha value is -1.04. The fraction of sp³-hybridized carbons (Fsp3) is 0.588. The first-order valence-corrected chi connectivity index (χ1v) is 8.96. The van der Waals surface area contributed by atoms with Gasteiger partial charge < -0.3 is 9.64 Å². The molecule has 0 radical (unpaired) electrons. The molecule has 0 bridgehead atoms. The van der Waals surface area contributed by atoms with E-state index < -0.39 is 0 Å². The van der Waals surface area contributed by atoms with E-state index >= 15 is 0 Å². The molecule has 4 nitrogen and oxygen atoms in total. The van der Waals surface area contributed by atoms with E-state index in [0.717, 1.165) is 50.2 Å². The van der Waals surface area contributed by atoms with Gasteiger partial charge in [0.15, 0.2) is 0 Å². The minimum atomic E-state index is 0.675. The molecule has 0 aliphatic carbocycles. The smallest absolute Gasteiger partial charge is 0.128 e. The number of aryl methyl sites for hydroxylation is 1. The molecule has 2 saturated heterocycles. The minimum absolute atomic E-state index is 0.675. The van der Waals surface area contributed by atoms with E-state index in [1.165, 1.54) is 18.4 Å². The first kappa shape index (κ1) is 15.8. The van der Waals surface area contributed by atoms with Gasteiger partial charge in [-0.15, -0.1) is 0 Å². The summed E-state index contributed by atoms with van der Waals surface area (Å²) in [6, 6.07) is 8.20. The SMILES string of the molecule is Cc1ccccc1C(=N)N1CCN(SC2CCOCC2)CC1. The average Bonchev–Trinajstić information content (AvgIpc) is 2.56. The molecule has 2 aliphatic heterocycles. The van der Waals surface area contributed by atoms with E-state index in [2.05, 4.69) is 28.3 Å². The first-order chi connectivity index (χ1) is 10.7. The van der Waals surface area contributed by atoms with Gasteiger partial charge >= 0.3 is 0 Å². The van der Waals surface area contributed by atoms with Gasteiger partial charge in [-0.05, 0) is 25.3 Å². The molecule has 1 N–H and O–H groups in total. The summed E-state index contributed by atoms with van der Waals surface area (Å²) in [6.07, 6.45) is 2.34. The Morgan fingerprint density at radius 2 is 1.82 bits per heavy atom. The highest BCUT2D eigenvalue weighted by atomic mass is 32.2. The summed E-state index contributed by atoms with van der Waals surface area (Å²) in [7, 11) is 0. The van der Waals surface area contributed by atoms with Gasteiger partial charge in [0.25, 0.3) is 0 Å². The summed E-state index contributed by atoms with van der Waals surface area (Å²) in [6.45, 7) is 7.88. The molecule has 0 unspecified atom stereocenters. The average molecular weight is 319 g/mol. The van der Waals surface area contributed by atoms with Crippen molar-refractivity contribution in [2.45, 2.75) is 25.0 Å². The molecule has 5 heteroatoms. The molecule has 0 atom stereocenters. The van der Waals surface area contributed by atoms with Crippen LogP contribution in [0.1, 0.15) is 24.0 Å². The largest absolute Gasteiger partial charge is 0.381 e. The van der Waals surface area contributed by atoms with E-state index in [-0.39, 0.29) is 0 Å². The lowest BCUT2D eigenvalue weighted by Gasteiger charge is -2.37. The molecule has 0 amide bonds. The molecule has 3 rings (SSSR count). The van der Waals surface area contributed by atoms with Crippen LogP contribution in [0, 0.1) is 12.3 Å². The number of nitrogens with zero attached hydrogens (tertiary/aromatic N) is 2. The molecular weight excluding hydrogens is 294 g/mol. The Bertz CT molecular complexity index is 508. The zero-order valence-corrected chi connectivity index (χ0v) is 14.1. The Labute approximate surface area is 137 Å². The van der Waals surface area contributed by atoms with Gasteiger partial charge in [-0.1, -0.05) is 36.2 Å². The lowest BCUT2D eigenvalue weighted by atomic mass is 10.1. The molecule has 1 aromatic carbocycles. The molecule has 0 saturated carbocycles. The number of benzene rings is 1. The molecule has 1 aromatic rings. The number of hydrogen-bond donors (Lipinski definition) is 1. The van der Waals surface area contributed by atoms with Crippen molar-refractivity contribution in [2.24, 2.45) is 0 Å². The molecule has 0 spiro atoms. The van der Waals surface area contributed by atoms with Crippen molar-refractivity contribution in [2.75, 3.05) is 39.4 Å². The maximum absolute atomic E-state index is 8.47. The van der Waals surface area contributed by atoms with Gasteiger partial charge in [0.2, 0.25) is 0 Å². The lowest BCUT2D eigenvalue weighted by molar-refractivity contribution is 0.0992. The van der Waals surface area contributed by atoms with Gasteiger partial charge in [0, 0.05) is 50.2 Å². The van der Waals surface area contributed by atoms with E-state index in [9.17, 15) is 0 Å². The number of ether oxygens (including phenoxy) is 1. The van der Waals surface area contributed by atoms with Crippen LogP contribution in [-0.2, 0) is 4.74 Å². The Morgan fingerprint density at radius 1 is 1.14 bits per heavy atom. The predicted molar refractivity (Wildman–Crippen MR) is 92.6 cm³/mol.